The highest BCUT2D eigenvalue weighted by molar-refractivity contribution is 6.00. The van der Waals surface area contributed by atoms with Gasteiger partial charge >= 0.3 is 5.97 Å². The number of benzene rings is 2. The average Bonchev–Trinajstić information content (AvgIpc) is 3.12. The first-order valence-electron chi connectivity index (χ1n) is 9.54. The SMILES string of the molecule is COC(=O)CCN(Cc1ccccc1)C(=O)C1CC(=O)N(c2ccc(F)cc2F)C1. The van der Waals surface area contributed by atoms with E-state index >= 15 is 0 Å². The Kier molecular flexibility index (Phi) is 6.76. The van der Waals surface area contributed by atoms with Gasteiger partial charge in [-0.3, -0.25) is 14.4 Å². The lowest BCUT2D eigenvalue weighted by Crippen LogP contribution is -2.38. The van der Waals surface area contributed by atoms with Crippen LogP contribution in [0.25, 0.3) is 0 Å². The normalized spacial score (nSPS) is 15.9. The fraction of sp³-hybridized carbons (Fsp3) is 0.318. The summed E-state index contributed by atoms with van der Waals surface area (Å²) in [6.45, 7) is 0.395. The number of methoxy groups -OCH3 is 1. The number of hydrogen-bond donors (Lipinski definition) is 0. The van der Waals surface area contributed by atoms with E-state index in [0.717, 1.165) is 11.6 Å². The fourth-order valence-electron chi connectivity index (χ4n) is 3.46. The molecule has 1 aliphatic heterocycles. The van der Waals surface area contributed by atoms with Crippen LogP contribution < -0.4 is 4.90 Å². The van der Waals surface area contributed by atoms with Gasteiger partial charge < -0.3 is 14.5 Å². The summed E-state index contributed by atoms with van der Waals surface area (Å²) >= 11 is 0. The molecule has 1 saturated heterocycles. The standard InChI is InChI=1S/C22H22F2N2O4/c1-30-21(28)9-10-25(13-15-5-3-2-4-6-15)22(29)16-11-20(27)26(14-16)19-8-7-17(23)12-18(19)24/h2-8,12,16H,9-11,13-14H2,1H3. The van der Waals surface area contributed by atoms with Crippen molar-refractivity contribution in [2.24, 2.45) is 5.92 Å². The second kappa shape index (κ2) is 9.47. The maximum absolute atomic E-state index is 14.1. The number of carbonyl (C=O) groups is 3. The molecule has 2 aromatic carbocycles. The Morgan fingerprint density at radius 3 is 2.57 bits per heavy atom. The van der Waals surface area contributed by atoms with Crippen molar-refractivity contribution in [3.05, 3.63) is 65.7 Å². The number of esters is 1. The van der Waals surface area contributed by atoms with Crippen LogP contribution in [0, 0.1) is 17.6 Å². The van der Waals surface area contributed by atoms with Crippen molar-refractivity contribution in [2.75, 3.05) is 25.1 Å². The zero-order valence-corrected chi connectivity index (χ0v) is 16.5. The highest BCUT2D eigenvalue weighted by Gasteiger charge is 2.38. The van der Waals surface area contributed by atoms with Crippen LogP contribution in [0.1, 0.15) is 18.4 Å². The highest BCUT2D eigenvalue weighted by atomic mass is 19.1. The number of hydrogen-bond acceptors (Lipinski definition) is 4. The molecule has 1 atom stereocenters. The van der Waals surface area contributed by atoms with Crippen molar-refractivity contribution in [1.82, 2.24) is 4.90 Å². The van der Waals surface area contributed by atoms with Crippen LogP contribution in [-0.2, 0) is 25.7 Å². The van der Waals surface area contributed by atoms with Crippen molar-refractivity contribution in [2.45, 2.75) is 19.4 Å². The fourth-order valence-corrected chi connectivity index (χ4v) is 3.46. The number of nitrogens with zero attached hydrogens (tertiary/aromatic N) is 2. The van der Waals surface area contributed by atoms with E-state index < -0.39 is 29.4 Å². The van der Waals surface area contributed by atoms with Crippen LogP contribution in [0.3, 0.4) is 0 Å². The molecule has 0 N–H and O–H groups in total. The zero-order valence-electron chi connectivity index (χ0n) is 16.5. The summed E-state index contributed by atoms with van der Waals surface area (Å²) in [7, 11) is 1.27. The Hall–Kier alpha value is -3.29. The highest BCUT2D eigenvalue weighted by Crippen LogP contribution is 2.29. The van der Waals surface area contributed by atoms with Crippen LogP contribution in [0.15, 0.2) is 48.5 Å². The average molecular weight is 416 g/mol. The summed E-state index contributed by atoms with van der Waals surface area (Å²) in [4.78, 5) is 39.8. The summed E-state index contributed by atoms with van der Waals surface area (Å²) in [5.41, 5.74) is 0.822. The maximum atomic E-state index is 14.1. The molecular weight excluding hydrogens is 394 g/mol. The summed E-state index contributed by atoms with van der Waals surface area (Å²) in [6.07, 6.45) is -0.0643. The van der Waals surface area contributed by atoms with Crippen LogP contribution in [0.5, 0.6) is 0 Å². The molecule has 0 saturated carbocycles. The molecule has 6 nitrogen and oxygen atoms in total. The molecule has 2 aromatic rings. The second-order valence-corrected chi connectivity index (χ2v) is 7.07. The van der Waals surface area contributed by atoms with E-state index in [9.17, 15) is 23.2 Å². The minimum Gasteiger partial charge on any atom is -0.469 e. The number of anilines is 1. The molecule has 3 rings (SSSR count). The van der Waals surface area contributed by atoms with Gasteiger partial charge in [0.25, 0.3) is 0 Å². The third-order valence-corrected chi connectivity index (χ3v) is 5.02. The number of amides is 2. The second-order valence-electron chi connectivity index (χ2n) is 7.07. The van der Waals surface area contributed by atoms with Crippen molar-refractivity contribution in [3.8, 4) is 0 Å². The molecule has 30 heavy (non-hydrogen) atoms. The molecular formula is C22H22F2N2O4. The summed E-state index contributed by atoms with van der Waals surface area (Å²) < 4.78 is 32.0. The number of rotatable bonds is 7. The summed E-state index contributed by atoms with van der Waals surface area (Å²) in [6, 6.07) is 12.2. The number of ether oxygens (including phenoxy) is 1. The van der Waals surface area contributed by atoms with Gasteiger partial charge in [0.1, 0.15) is 11.6 Å². The predicted octanol–water partition coefficient (Wildman–Crippen LogP) is 2.91. The van der Waals surface area contributed by atoms with Crippen molar-refractivity contribution in [3.63, 3.8) is 0 Å². The third-order valence-electron chi connectivity index (χ3n) is 5.02. The van der Waals surface area contributed by atoms with Crippen molar-refractivity contribution < 1.29 is 27.9 Å². The van der Waals surface area contributed by atoms with Gasteiger partial charge in [0, 0.05) is 32.1 Å². The lowest BCUT2D eigenvalue weighted by Gasteiger charge is -2.25. The topological polar surface area (TPSA) is 66.9 Å². The lowest BCUT2D eigenvalue weighted by atomic mass is 10.1. The van der Waals surface area contributed by atoms with E-state index in [0.29, 0.717) is 6.07 Å². The number of carbonyl (C=O) groups excluding carboxylic acids is 3. The largest absolute Gasteiger partial charge is 0.469 e. The Morgan fingerprint density at radius 1 is 1.17 bits per heavy atom. The predicted molar refractivity (Wildman–Crippen MR) is 105 cm³/mol. The quantitative estimate of drug-likeness (QED) is 0.651. The minimum atomic E-state index is -0.858. The van der Waals surface area contributed by atoms with Crippen LogP contribution >= 0.6 is 0 Å². The van der Waals surface area contributed by atoms with E-state index in [1.807, 2.05) is 30.3 Å². The first-order valence-corrected chi connectivity index (χ1v) is 9.54. The summed E-state index contributed by atoms with van der Waals surface area (Å²) in [5.74, 6) is -3.45. The Morgan fingerprint density at radius 2 is 1.90 bits per heavy atom. The van der Waals surface area contributed by atoms with E-state index in [1.54, 1.807) is 0 Å². The number of halogens is 2. The van der Waals surface area contributed by atoms with Gasteiger partial charge in [-0.05, 0) is 17.7 Å². The van der Waals surface area contributed by atoms with Crippen LogP contribution in [-0.4, -0.2) is 42.9 Å². The first-order chi connectivity index (χ1) is 14.4. The van der Waals surface area contributed by atoms with E-state index in [2.05, 4.69) is 4.74 Å². The third kappa shape index (κ3) is 5.00. The van der Waals surface area contributed by atoms with E-state index in [1.165, 1.54) is 23.0 Å². The van der Waals surface area contributed by atoms with E-state index in [4.69, 9.17) is 0 Å². The molecule has 1 unspecified atom stereocenters. The van der Waals surface area contributed by atoms with Crippen molar-refractivity contribution in [1.29, 1.82) is 0 Å². The Labute approximate surface area is 173 Å². The van der Waals surface area contributed by atoms with E-state index in [-0.39, 0.29) is 44.1 Å². The van der Waals surface area contributed by atoms with Gasteiger partial charge in [0.2, 0.25) is 11.8 Å². The molecule has 0 spiro atoms. The maximum Gasteiger partial charge on any atom is 0.307 e. The van der Waals surface area contributed by atoms with Gasteiger partial charge in [-0.2, -0.15) is 0 Å². The molecule has 1 aliphatic rings. The smallest absolute Gasteiger partial charge is 0.307 e. The Balaban J connectivity index is 1.76. The summed E-state index contributed by atoms with van der Waals surface area (Å²) in [5, 5.41) is 0. The molecule has 2 amide bonds. The minimum absolute atomic E-state index is 0.0102. The molecule has 158 valence electrons. The molecule has 0 aromatic heterocycles. The van der Waals surface area contributed by atoms with Gasteiger partial charge in [0.15, 0.2) is 0 Å². The monoisotopic (exact) mass is 416 g/mol. The molecule has 0 radical (unpaired) electrons. The van der Waals surface area contributed by atoms with Gasteiger partial charge in [-0.1, -0.05) is 30.3 Å². The van der Waals surface area contributed by atoms with Gasteiger partial charge in [0.05, 0.1) is 25.1 Å². The van der Waals surface area contributed by atoms with Crippen LogP contribution in [0.2, 0.25) is 0 Å². The van der Waals surface area contributed by atoms with Gasteiger partial charge in [-0.25, -0.2) is 8.78 Å². The Bertz CT molecular complexity index is 936. The van der Waals surface area contributed by atoms with Crippen LogP contribution in [0.4, 0.5) is 14.5 Å². The van der Waals surface area contributed by atoms with Crippen molar-refractivity contribution >= 4 is 23.5 Å². The molecule has 1 fully saturated rings. The van der Waals surface area contributed by atoms with Gasteiger partial charge in [-0.15, -0.1) is 0 Å². The first kappa shape index (κ1) is 21.4. The molecule has 8 heteroatoms. The lowest BCUT2D eigenvalue weighted by molar-refractivity contribution is -0.142. The molecule has 0 aliphatic carbocycles. The molecule has 1 heterocycles. The molecule has 0 bridgehead atoms. The zero-order chi connectivity index (χ0) is 21.7.